The van der Waals surface area contributed by atoms with Crippen LogP contribution in [0.3, 0.4) is 0 Å². The van der Waals surface area contributed by atoms with Crippen LogP contribution in [0.5, 0.6) is 0 Å². The van der Waals surface area contributed by atoms with Crippen molar-refractivity contribution < 1.29 is 17.6 Å². The Balaban J connectivity index is 1.28. The summed E-state index contributed by atoms with van der Waals surface area (Å²) in [5.41, 5.74) is -1.34. The number of anilines is 1. The SMILES string of the molecule is CC(C)(C)c1nc(N2CCN(CCCCn3ccc(-c4ccccc4F)nc3=O)CC2)cc(C(F)(F)F)n1. The van der Waals surface area contributed by atoms with Crippen LogP contribution in [0, 0.1) is 5.82 Å². The van der Waals surface area contributed by atoms with Crippen LogP contribution in [-0.4, -0.2) is 57.1 Å². The first kappa shape index (κ1) is 27.7. The van der Waals surface area contributed by atoms with Crippen molar-refractivity contribution in [2.24, 2.45) is 0 Å². The zero-order valence-electron chi connectivity index (χ0n) is 21.8. The Bertz CT molecular complexity index is 1280. The minimum atomic E-state index is -4.53. The number of unbranched alkanes of at least 4 members (excludes halogenated alkanes) is 1. The fourth-order valence-electron chi connectivity index (χ4n) is 4.31. The molecule has 7 nitrogen and oxygen atoms in total. The van der Waals surface area contributed by atoms with E-state index in [-0.39, 0.29) is 5.82 Å². The monoisotopic (exact) mass is 532 g/mol. The largest absolute Gasteiger partial charge is 0.433 e. The molecule has 1 saturated heterocycles. The van der Waals surface area contributed by atoms with Crippen LogP contribution in [-0.2, 0) is 18.1 Å². The van der Waals surface area contributed by atoms with Crippen LogP contribution in [0.15, 0.2) is 47.4 Å². The molecule has 204 valence electrons. The van der Waals surface area contributed by atoms with Crippen molar-refractivity contribution in [1.29, 1.82) is 0 Å². The van der Waals surface area contributed by atoms with Crippen molar-refractivity contribution in [3.8, 4) is 11.3 Å². The van der Waals surface area contributed by atoms with E-state index in [1.54, 1.807) is 51.2 Å². The Morgan fingerprint density at radius 2 is 1.58 bits per heavy atom. The number of aryl methyl sites for hydroxylation is 1. The highest BCUT2D eigenvalue weighted by atomic mass is 19.4. The van der Waals surface area contributed by atoms with Gasteiger partial charge in [-0.2, -0.15) is 18.2 Å². The summed E-state index contributed by atoms with van der Waals surface area (Å²) in [5, 5.41) is 0. The lowest BCUT2D eigenvalue weighted by molar-refractivity contribution is -0.141. The number of hydrogen-bond acceptors (Lipinski definition) is 6. The van der Waals surface area contributed by atoms with Crippen LogP contribution >= 0.6 is 0 Å². The quantitative estimate of drug-likeness (QED) is 0.323. The second kappa shape index (κ2) is 11.2. The first-order valence-corrected chi connectivity index (χ1v) is 12.7. The summed E-state index contributed by atoms with van der Waals surface area (Å²) in [6, 6.07) is 8.88. The van der Waals surface area contributed by atoms with Gasteiger partial charge in [0.25, 0.3) is 0 Å². The predicted molar refractivity (Wildman–Crippen MR) is 138 cm³/mol. The molecule has 0 bridgehead atoms. The van der Waals surface area contributed by atoms with E-state index in [1.165, 1.54) is 10.6 Å². The third-order valence-corrected chi connectivity index (χ3v) is 6.52. The smallest absolute Gasteiger partial charge is 0.354 e. The standard InChI is InChI=1S/C27H32F4N6O/c1-26(2,3)24-33-22(27(29,30)31)18-23(34-24)36-16-14-35(15-17-36)11-6-7-12-37-13-10-21(32-25(37)38)19-8-4-5-9-20(19)28/h4-5,8-10,13,18H,6-7,11-12,14-17H2,1-3H3. The summed E-state index contributed by atoms with van der Waals surface area (Å²) in [4.78, 5) is 28.8. The van der Waals surface area contributed by atoms with Gasteiger partial charge in [0, 0.05) is 56.0 Å². The average molecular weight is 533 g/mol. The highest BCUT2D eigenvalue weighted by Crippen LogP contribution is 2.32. The third-order valence-electron chi connectivity index (χ3n) is 6.52. The average Bonchev–Trinajstić information content (AvgIpc) is 2.87. The number of aromatic nitrogens is 4. The summed E-state index contributed by atoms with van der Waals surface area (Å²) in [7, 11) is 0. The molecular formula is C27H32F4N6O. The molecular weight excluding hydrogens is 500 g/mol. The van der Waals surface area contributed by atoms with Crippen LogP contribution < -0.4 is 10.6 Å². The van der Waals surface area contributed by atoms with E-state index in [4.69, 9.17) is 0 Å². The normalized spacial score (nSPS) is 15.2. The molecule has 38 heavy (non-hydrogen) atoms. The second-order valence-corrected chi connectivity index (χ2v) is 10.5. The summed E-state index contributed by atoms with van der Waals surface area (Å²) < 4.78 is 55.8. The number of hydrogen-bond donors (Lipinski definition) is 0. The summed E-state index contributed by atoms with van der Waals surface area (Å²) in [6.45, 7) is 9.25. The van der Waals surface area contributed by atoms with E-state index in [0.717, 1.165) is 25.5 Å². The van der Waals surface area contributed by atoms with Crippen LogP contribution in [0.1, 0.15) is 45.1 Å². The lowest BCUT2D eigenvalue weighted by Crippen LogP contribution is -2.47. The molecule has 3 aromatic rings. The predicted octanol–water partition coefficient (Wildman–Crippen LogP) is 4.76. The fourth-order valence-corrected chi connectivity index (χ4v) is 4.31. The first-order chi connectivity index (χ1) is 17.9. The highest BCUT2D eigenvalue weighted by molar-refractivity contribution is 5.58. The van der Waals surface area contributed by atoms with Gasteiger partial charge in [-0.1, -0.05) is 32.9 Å². The lowest BCUT2D eigenvalue weighted by atomic mass is 9.95. The van der Waals surface area contributed by atoms with Crippen LogP contribution in [0.25, 0.3) is 11.3 Å². The van der Waals surface area contributed by atoms with Gasteiger partial charge in [0.05, 0.1) is 5.69 Å². The summed E-state index contributed by atoms with van der Waals surface area (Å²) >= 11 is 0. The molecule has 1 fully saturated rings. The van der Waals surface area contributed by atoms with Crippen molar-refractivity contribution in [1.82, 2.24) is 24.4 Å². The third kappa shape index (κ3) is 6.75. The number of rotatable bonds is 7. The maximum absolute atomic E-state index is 14.0. The summed E-state index contributed by atoms with van der Waals surface area (Å²) in [5.74, 6) is 0.0615. The van der Waals surface area contributed by atoms with Gasteiger partial charge in [-0.15, -0.1) is 0 Å². The molecule has 0 aliphatic carbocycles. The van der Waals surface area contributed by atoms with E-state index in [1.807, 2.05) is 4.90 Å². The van der Waals surface area contributed by atoms with Gasteiger partial charge < -0.3 is 4.90 Å². The first-order valence-electron chi connectivity index (χ1n) is 12.7. The Hall–Kier alpha value is -3.34. The van der Waals surface area contributed by atoms with E-state index < -0.39 is 28.8 Å². The van der Waals surface area contributed by atoms with Crippen molar-refractivity contribution >= 4 is 5.82 Å². The topological polar surface area (TPSA) is 67.2 Å². The zero-order valence-corrected chi connectivity index (χ0v) is 21.8. The molecule has 1 aliphatic rings. The van der Waals surface area contributed by atoms with Gasteiger partial charge in [-0.05, 0) is 37.6 Å². The minimum absolute atomic E-state index is 0.177. The number of halogens is 4. The van der Waals surface area contributed by atoms with E-state index in [9.17, 15) is 22.4 Å². The molecule has 0 spiro atoms. The van der Waals surface area contributed by atoms with Crippen LogP contribution in [0.4, 0.5) is 23.4 Å². The molecule has 0 unspecified atom stereocenters. The molecule has 0 saturated carbocycles. The van der Waals surface area contributed by atoms with Crippen molar-refractivity contribution in [2.75, 3.05) is 37.6 Å². The Kier molecular flexibility index (Phi) is 8.15. The van der Waals surface area contributed by atoms with E-state index in [0.29, 0.717) is 49.8 Å². The van der Waals surface area contributed by atoms with Gasteiger partial charge in [0.15, 0.2) is 0 Å². The Morgan fingerprint density at radius 3 is 2.21 bits per heavy atom. The highest BCUT2D eigenvalue weighted by Gasteiger charge is 2.36. The number of nitrogens with zero attached hydrogens (tertiary/aromatic N) is 6. The number of alkyl halides is 3. The Morgan fingerprint density at radius 1 is 0.895 bits per heavy atom. The molecule has 1 aliphatic heterocycles. The molecule has 0 amide bonds. The molecule has 3 heterocycles. The molecule has 4 rings (SSSR count). The van der Waals surface area contributed by atoms with Gasteiger partial charge in [-0.3, -0.25) is 9.47 Å². The molecule has 0 atom stereocenters. The van der Waals surface area contributed by atoms with Gasteiger partial charge in [0.2, 0.25) is 0 Å². The molecule has 2 aromatic heterocycles. The second-order valence-electron chi connectivity index (χ2n) is 10.5. The van der Waals surface area contributed by atoms with E-state index in [2.05, 4.69) is 19.9 Å². The number of benzene rings is 1. The molecule has 0 radical (unpaired) electrons. The van der Waals surface area contributed by atoms with Crippen molar-refractivity contribution in [2.45, 2.75) is 51.7 Å². The zero-order chi connectivity index (χ0) is 27.5. The van der Waals surface area contributed by atoms with Crippen LogP contribution in [0.2, 0.25) is 0 Å². The molecule has 0 N–H and O–H groups in total. The maximum atomic E-state index is 14.0. The molecule has 11 heteroatoms. The number of piperazine rings is 1. The van der Waals surface area contributed by atoms with Gasteiger partial charge in [-0.25, -0.2) is 19.2 Å². The van der Waals surface area contributed by atoms with E-state index >= 15 is 0 Å². The van der Waals surface area contributed by atoms with Gasteiger partial charge >= 0.3 is 11.9 Å². The lowest BCUT2D eigenvalue weighted by Gasteiger charge is -2.36. The molecule has 1 aromatic carbocycles. The Labute approximate surface area is 219 Å². The summed E-state index contributed by atoms with van der Waals surface area (Å²) in [6.07, 6.45) is -1.29. The van der Waals surface area contributed by atoms with Crippen molar-refractivity contribution in [3.05, 3.63) is 70.4 Å². The maximum Gasteiger partial charge on any atom is 0.433 e. The van der Waals surface area contributed by atoms with Gasteiger partial charge in [0.1, 0.15) is 23.2 Å². The fraction of sp³-hybridized carbons (Fsp3) is 0.481. The van der Waals surface area contributed by atoms with Crippen molar-refractivity contribution in [3.63, 3.8) is 0 Å². The minimum Gasteiger partial charge on any atom is -0.354 e.